The average molecular weight is 305 g/mol. The van der Waals surface area contributed by atoms with Crippen molar-refractivity contribution >= 4 is 26.6 Å². The van der Waals surface area contributed by atoms with Crippen LogP contribution in [0.3, 0.4) is 0 Å². The highest BCUT2D eigenvalue weighted by Crippen LogP contribution is 2.25. The number of nitrogens with one attached hydrogen (secondary N) is 2. The number of sulfonamides is 1. The van der Waals surface area contributed by atoms with Crippen LogP contribution in [-0.2, 0) is 10.0 Å². The average Bonchev–Trinajstić information content (AvgIpc) is 3.06. The zero-order valence-electron chi connectivity index (χ0n) is 11.7. The number of anilines is 1. The van der Waals surface area contributed by atoms with E-state index in [0.29, 0.717) is 17.6 Å². The minimum Gasteiger partial charge on any atom is -0.399 e. The Morgan fingerprint density at radius 2 is 2.19 bits per heavy atom. The Morgan fingerprint density at radius 1 is 1.33 bits per heavy atom. The van der Waals surface area contributed by atoms with Gasteiger partial charge in [-0.2, -0.15) is 0 Å². The first-order valence-electron chi connectivity index (χ1n) is 7.10. The predicted molar refractivity (Wildman–Crippen MR) is 84.5 cm³/mol. The fraction of sp³-hybridized carbons (Fsp3) is 0.333. The maximum absolute atomic E-state index is 12.4. The van der Waals surface area contributed by atoms with Crippen molar-refractivity contribution in [3.63, 3.8) is 0 Å². The van der Waals surface area contributed by atoms with Crippen molar-refractivity contribution in [3.05, 3.63) is 36.0 Å². The van der Waals surface area contributed by atoms with Gasteiger partial charge in [0.15, 0.2) is 0 Å². The first-order chi connectivity index (χ1) is 10.1. The van der Waals surface area contributed by atoms with E-state index >= 15 is 0 Å². The summed E-state index contributed by atoms with van der Waals surface area (Å²) in [7, 11) is -3.50. The van der Waals surface area contributed by atoms with Crippen LogP contribution >= 0.6 is 0 Å². The summed E-state index contributed by atoms with van der Waals surface area (Å²) in [6, 6.07) is 5.17. The van der Waals surface area contributed by atoms with Gasteiger partial charge >= 0.3 is 0 Å². The number of aromatic amines is 1. The van der Waals surface area contributed by atoms with Gasteiger partial charge in [0.05, 0.1) is 0 Å². The molecule has 0 unspecified atom stereocenters. The topological polar surface area (TPSA) is 88.0 Å². The second kappa shape index (κ2) is 5.54. The van der Waals surface area contributed by atoms with Gasteiger partial charge in [0.2, 0.25) is 10.0 Å². The first kappa shape index (κ1) is 14.2. The molecule has 4 N–H and O–H groups in total. The lowest BCUT2D eigenvalue weighted by Crippen LogP contribution is -2.24. The second-order valence-electron chi connectivity index (χ2n) is 5.36. The number of hydrogen-bond acceptors (Lipinski definition) is 3. The largest absolute Gasteiger partial charge is 0.399 e. The summed E-state index contributed by atoms with van der Waals surface area (Å²) >= 11 is 0. The highest BCUT2D eigenvalue weighted by atomic mass is 32.2. The lowest BCUT2D eigenvalue weighted by Gasteiger charge is -2.06. The predicted octanol–water partition coefficient (Wildman–Crippen LogP) is 2.53. The smallest absolute Gasteiger partial charge is 0.242 e. The van der Waals surface area contributed by atoms with Gasteiger partial charge in [-0.25, -0.2) is 13.1 Å². The number of fused-ring (bicyclic) bond motifs is 1. The molecule has 0 spiro atoms. The molecule has 2 aromatic rings. The summed E-state index contributed by atoms with van der Waals surface area (Å²) in [6.45, 7) is 0.440. The quantitative estimate of drug-likeness (QED) is 0.586. The molecular formula is C15H19N3O2S. The van der Waals surface area contributed by atoms with E-state index in [2.05, 4.69) is 15.8 Å². The monoisotopic (exact) mass is 305 g/mol. The molecule has 0 saturated carbocycles. The molecule has 0 bridgehead atoms. The minimum absolute atomic E-state index is 0.276. The molecule has 112 valence electrons. The van der Waals surface area contributed by atoms with Crippen LogP contribution in [0.25, 0.3) is 10.9 Å². The van der Waals surface area contributed by atoms with Gasteiger partial charge in [0, 0.05) is 29.3 Å². The summed E-state index contributed by atoms with van der Waals surface area (Å²) < 4.78 is 27.4. The van der Waals surface area contributed by atoms with Crippen LogP contribution in [0.15, 0.2) is 40.9 Å². The van der Waals surface area contributed by atoms with E-state index in [4.69, 9.17) is 5.73 Å². The lowest BCUT2D eigenvalue weighted by atomic mass is 10.2. The van der Waals surface area contributed by atoms with Crippen LogP contribution < -0.4 is 10.5 Å². The van der Waals surface area contributed by atoms with Crippen molar-refractivity contribution in [2.75, 3.05) is 12.3 Å². The van der Waals surface area contributed by atoms with Gasteiger partial charge in [-0.15, -0.1) is 0 Å². The SMILES string of the molecule is Nc1ccc2c(S(=O)(=O)NCCC3=CCCC3)c[nH]c2c1. The summed E-state index contributed by atoms with van der Waals surface area (Å²) in [6.07, 6.45) is 7.91. The Hall–Kier alpha value is -1.79. The van der Waals surface area contributed by atoms with Crippen molar-refractivity contribution < 1.29 is 8.42 Å². The molecule has 0 atom stereocenters. The summed E-state index contributed by atoms with van der Waals surface area (Å²) in [4.78, 5) is 3.23. The summed E-state index contributed by atoms with van der Waals surface area (Å²) in [5.74, 6) is 0. The molecule has 21 heavy (non-hydrogen) atoms. The number of H-pyrrole nitrogens is 1. The maximum atomic E-state index is 12.4. The van der Waals surface area contributed by atoms with Gasteiger partial charge in [0.1, 0.15) is 4.90 Å². The number of hydrogen-bond donors (Lipinski definition) is 3. The van der Waals surface area contributed by atoms with E-state index in [1.165, 1.54) is 18.2 Å². The standard InChI is InChI=1S/C15H19N3O2S/c16-12-5-6-13-14(9-12)17-10-15(13)21(19,20)18-8-7-11-3-1-2-4-11/h3,5-6,9-10,17-18H,1-2,4,7-8,16H2. The molecule has 1 heterocycles. The van der Waals surface area contributed by atoms with Gasteiger partial charge in [-0.3, -0.25) is 0 Å². The van der Waals surface area contributed by atoms with E-state index < -0.39 is 10.0 Å². The van der Waals surface area contributed by atoms with E-state index in [-0.39, 0.29) is 4.90 Å². The third-order valence-electron chi connectivity index (χ3n) is 3.83. The van der Waals surface area contributed by atoms with Gasteiger partial charge < -0.3 is 10.7 Å². The molecule has 0 fully saturated rings. The van der Waals surface area contributed by atoms with Crippen molar-refractivity contribution in [1.29, 1.82) is 0 Å². The Morgan fingerprint density at radius 3 is 2.95 bits per heavy atom. The van der Waals surface area contributed by atoms with Crippen LogP contribution in [0, 0.1) is 0 Å². The lowest BCUT2D eigenvalue weighted by molar-refractivity contribution is 0.582. The van der Waals surface area contributed by atoms with Crippen LogP contribution in [0.5, 0.6) is 0 Å². The molecule has 5 nitrogen and oxygen atoms in total. The molecule has 1 aromatic heterocycles. The first-order valence-corrected chi connectivity index (χ1v) is 8.59. The van der Waals surface area contributed by atoms with E-state index in [1.54, 1.807) is 18.2 Å². The summed E-state index contributed by atoms with van der Waals surface area (Å²) in [5.41, 5.74) is 8.39. The van der Waals surface area contributed by atoms with E-state index in [1.807, 2.05) is 0 Å². The second-order valence-corrected chi connectivity index (χ2v) is 7.10. The zero-order valence-corrected chi connectivity index (χ0v) is 12.5. The van der Waals surface area contributed by atoms with Crippen LogP contribution in [0.1, 0.15) is 25.7 Å². The molecule has 3 rings (SSSR count). The third kappa shape index (κ3) is 2.96. The number of nitrogens with two attached hydrogens (primary N) is 1. The van der Waals surface area contributed by atoms with Gasteiger partial charge in [0.25, 0.3) is 0 Å². The normalized spacial score (nSPS) is 15.5. The van der Waals surface area contributed by atoms with E-state index in [9.17, 15) is 8.42 Å². The molecule has 0 saturated heterocycles. The van der Waals surface area contributed by atoms with Crippen molar-refractivity contribution in [2.45, 2.75) is 30.6 Å². The van der Waals surface area contributed by atoms with Crippen molar-refractivity contribution in [1.82, 2.24) is 9.71 Å². The fourth-order valence-electron chi connectivity index (χ4n) is 2.73. The zero-order chi connectivity index (χ0) is 14.9. The number of allylic oxidation sites excluding steroid dienone is 1. The molecule has 0 radical (unpaired) electrons. The molecular weight excluding hydrogens is 286 g/mol. The molecule has 1 aliphatic rings. The third-order valence-corrected chi connectivity index (χ3v) is 5.33. The van der Waals surface area contributed by atoms with Crippen molar-refractivity contribution in [2.24, 2.45) is 0 Å². The Balaban J connectivity index is 1.76. The fourth-order valence-corrected chi connectivity index (χ4v) is 3.94. The van der Waals surface area contributed by atoms with Crippen LogP contribution in [0.2, 0.25) is 0 Å². The molecule has 1 aliphatic carbocycles. The van der Waals surface area contributed by atoms with E-state index in [0.717, 1.165) is 24.8 Å². The van der Waals surface area contributed by atoms with Gasteiger partial charge in [-0.1, -0.05) is 11.6 Å². The maximum Gasteiger partial charge on any atom is 0.242 e. The number of nitrogen functional groups attached to an aromatic ring is 1. The van der Waals surface area contributed by atoms with Gasteiger partial charge in [-0.05, 0) is 43.9 Å². The highest BCUT2D eigenvalue weighted by molar-refractivity contribution is 7.89. The number of rotatable bonds is 5. The van der Waals surface area contributed by atoms with Crippen LogP contribution in [-0.4, -0.2) is 19.9 Å². The number of aromatic nitrogens is 1. The Labute approximate surface area is 124 Å². The van der Waals surface area contributed by atoms with Crippen molar-refractivity contribution in [3.8, 4) is 0 Å². The number of benzene rings is 1. The molecule has 6 heteroatoms. The van der Waals surface area contributed by atoms with Crippen LogP contribution in [0.4, 0.5) is 5.69 Å². The summed E-state index contributed by atoms with van der Waals surface area (Å²) in [5, 5.41) is 0.664. The minimum atomic E-state index is -3.50. The Bertz CT molecular complexity index is 790. The Kier molecular flexibility index (Phi) is 3.73. The molecule has 1 aromatic carbocycles. The highest BCUT2D eigenvalue weighted by Gasteiger charge is 2.18. The molecule has 0 aliphatic heterocycles. The molecule has 0 amide bonds.